The summed E-state index contributed by atoms with van der Waals surface area (Å²) in [4.78, 5) is 13.2. The third-order valence-electron chi connectivity index (χ3n) is 5.70. The molecular weight excluding hydrogens is 402 g/mol. The van der Waals surface area contributed by atoms with Gasteiger partial charge in [-0.15, -0.1) is 0 Å². The van der Waals surface area contributed by atoms with Crippen LogP contribution in [0.4, 0.5) is 5.69 Å². The molecule has 1 amide bonds. The van der Waals surface area contributed by atoms with Gasteiger partial charge >= 0.3 is 0 Å². The summed E-state index contributed by atoms with van der Waals surface area (Å²) in [7, 11) is 1.63. The lowest BCUT2D eigenvalue weighted by molar-refractivity contribution is -0.118. The average molecular weight is 424 g/mol. The summed E-state index contributed by atoms with van der Waals surface area (Å²) in [5.41, 5.74) is 2.92. The molecule has 5 nitrogen and oxygen atoms in total. The number of benzene rings is 3. The van der Waals surface area contributed by atoms with E-state index in [2.05, 4.69) is 5.32 Å². The zero-order valence-corrected chi connectivity index (χ0v) is 17.2. The topological polar surface area (TPSA) is 56.8 Å². The lowest BCUT2D eigenvalue weighted by Crippen LogP contribution is -2.27. The van der Waals surface area contributed by atoms with Crippen LogP contribution in [0, 0.1) is 0 Å². The van der Waals surface area contributed by atoms with Crippen LogP contribution in [-0.4, -0.2) is 19.8 Å². The van der Waals surface area contributed by atoms with Gasteiger partial charge in [-0.1, -0.05) is 29.8 Å². The maximum absolute atomic E-state index is 13.2. The zero-order valence-electron chi connectivity index (χ0n) is 16.4. The molecule has 0 radical (unpaired) electrons. The molecule has 0 saturated heterocycles. The molecule has 1 saturated carbocycles. The molecule has 0 aromatic heterocycles. The summed E-state index contributed by atoms with van der Waals surface area (Å²) in [5.74, 6) is 2.10. The monoisotopic (exact) mass is 423 g/mol. The Bertz CT molecular complexity index is 1150. The van der Waals surface area contributed by atoms with Crippen molar-refractivity contribution in [2.75, 3.05) is 19.2 Å². The minimum atomic E-state index is -0.531. The molecule has 0 atom stereocenters. The van der Waals surface area contributed by atoms with Crippen LogP contribution in [0.1, 0.15) is 19.8 Å². The molecule has 1 heterocycles. The van der Waals surface area contributed by atoms with Crippen molar-refractivity contribution in [2.24, 2.45) is 0 Å². The molecule has 1 fully saturated rings. The van der Waals surface area contributed by atoms with Crippen molar-refractivity contribution in [3.63, 3.8) is 0 Å². The third kappa shape index (κ3) is 3.25. The van der Waals surface area contributed by atoms with Crippen molar-refractivity contribution in [1.82, 2.24) is 0 Å². The predicted molar refractivity (Wildman–Crippen MR) is 118 cm³/mol. The van der Waals surface area contributed by atoms with Crippen molar-refractivity contribution in [2.45, 2.75) is 18.3 Å². The summed E-state index contributed by atoms with van der Waals surface area (Å²) in [5, 5.41) is 3.73. The summed E-state index contributed by atoms with van der Waals surface area (Å²) in [6, 6.07) is 18.9. The molecule has 5 rings (SSSR count). The second kappa shape index (κ2) is 7.26. The van der Waals surface area contributed by atoms with Crippen LogP contribution in [-0.2, 0) is 10.2 Å². The molecule has 0 bridgehead atoms. The first kappa shape index (κ1) is 18.8. The Morgan fingerprint density at radius 2 is 1.90 bits per heavy atom. The first-order chi connectivity index (χ1) is 14.6. The number of rotatable bonds is 5. The van der Waals surface area contributed by atoms with Crippen molar-refractivity contribution in [1.29, 1.82) is 0 Å². The second-order valence-corrected chi connectivity index (χ2v) is 7.97. The summed E-state index contributed by atoms with van der Waals surface area (Å²) in [6.45, 7) is 0.218. The summed E-state index contributed by atoms with van der Waals surface area (Å²) in [6.07, 6.45) is 1.60. The largest absolute Gasteiger partial charge is 0.496 e. The number of halogens is 1. The van der Waals surface area contributed by atoms with E-state index in [0.717, 1.165) is 35.3 Å². The summed E-state index contributed by atoms with van der Waals surface area (Å²) >= 11 is 6.16. The van der Waals surface area contributed by atoms with E-state index in [1.807, 2.05) is 60.7 Å². The SMILES string of the molecule is COc1ccc(NC(=O)C2(c3ccc4c(c3)OCO4)CC2)cc1-c1cccc(Cl)c1.[HH]. The van der Waals surface area contributed by atoms with Crippen LogP contribution in [0.15, 0.2) is 60.7 Å². The van der Waals surface area contributed by atoms with Crippen molar-refractivity contribution < 1.29 is 20.4 Å². The highest BCUT2D eigenvalue weighted by Crippen LogP contribution is 2.51. The molecule has 0 spiro atoms. The maximum atomic E-state index is 13.2. The fraction of sp³-hybridized carbons (Fsp3) is 0.208. The first-order valence-electron chi connectivity index (χ1n) is 9.75. The fourth-order valence-corrected chi connectivity index (χ4v) is 4.07. The van der Waals surface area contributed by atoms with Crippen molar-refractivity contribution >= 4 is 23.2 Å². The molecule has 30 heavy (non-hydrogen) atoms. The number of fused-ring (bicyclic) bond motifs is 1. The lowest BCUT2D eigenvalue weighted by atomic mass is 9.94. The quantitative estimate of drug-likeness (QED) is 0.575. The molecule has 2 aliphatic rings. The van der Waals surface area contributed by atoms with Crippen LogP contribution < -0.4 is 19.5 Å². The molecule has 154 valence electrons. The fourth-order valence-electron chi connectivity index (χ4n) is 3.88. The number of carbonyl (C=O) groups excluding carboxylic acids is 1. The number of anilines is 1. The van der Waals surface area contributed by atoms with E-state index in [1.165, 1.54) is 0 Å². The highest BCUT2D eigenvalue weighted by atomic mass is 35.5. The standard InChI is InChI=1S/C24H20ClNO4.H2/c1-28-20-8-6-18(13-19(20)15-3-2-4-17(25)11-15)26-23(27)24(9-10-24)16-5-7-21-22(12-16)30-14-29-21;/h2-8,11-13H,9-10,14H2,1H3,(H,26,27);1H. The molecular formula is C24H22ClNO4. The van der Waals surface area contributed by atoms with Gasteiger partial charge in [0, 0.05) is 17.7 Å². The summed E-state index contributed by atoms with van der Waals surface area (Å²) < 4.78 is 16.4. The molecule has 0 unspecified atom stereocenters. The smallest absolute Gasteiger partial charge is 0.235 e. The highest BCUT2D eigenvalue weighted by molar-refractivity contribution is 6.30. The molecule has 6 heteroatoms. The number of hydrogen-bond donors (Lipinski definition) is 1. The van der Waals surface area contributed by atoms with Crippen LogP contribution in [0.5, 0.6) is 17.2 Å². The Morgan fingerprint density at radius 3 is 2.67 bits per heavy atom. The normalized spacial score (nSPS) is 15.5. The van der Waals surface area contributed by atoms with Gasteiger partial charge in [0.05, 0.1) is 12.5 Å². The molecule has 1 aliphatic heterocycles. The van der Waals surface area contributed by atoms with Crippen LogP contribution >= 0.6 is 11.6 Å². The van der Waals surface area contributed by atoms with Gasteiger partial charge in [-0.25, -0.2) is 0 Å². The average Bonchev–Trinajstić information content (AvgIpc) is 3.44. The Balaban J connectivity index is 0.00000231. The van der Waals surface area contributed by atoms with E-state index >= 15 is 0 Å². The van der Waals surface area contributed by atoms with Crippen LogP contribution in [0.2, 0.25) is 5.02 Å². The third-order valence-corrected chi connectivity index (χ3v) is 5.94. The number of carbonyl (C=O) groups is 1. The van der Waals surface area contributed by atoms with Gasteiger partial charge in [-0.3, -0.25) is 4.79 Å². The van der Waals surface area contributed by atoms with E-state index in [4.69, 9.17) is 25.8 Å². The number of hydrogen-bond acceptors (Lipinski definition) is 4. The predicted octanol–water partition coefficient (Wildman–Crippen LogP) is 5.66. The van der Waals surface area contributed by atoms with Gasteiger partial charge in [0.15, 0.2) is 11.5 Å². The van der Waals surface area contributed by atoms with E-state index in [-0.39, 0.29) is 14.1 Å². The van der Waals surface area contributed by atoms with E-state index < -0.39 is 5.41 Å². The molecule has 1 aliphatic carbocycles. The first-order valence-corrected chi connectivity index (χ1v) is 10.1. The van der Waals surface area contributed by atoms with Crippen LogP contribution in [0.25, 0.3) is 11.1 Å². The van der Waals surface area contributed by atoms with E-state index in [1.54, 1.807) is 7.11 Å². The van der Waals surface area contributed by atoms with Gasteiger partial charge < -0.3 is 19.5 Å². The van der Waals surface area contributed by atoms with E-state index in [0.29, 0.717) is 22.2 Å². The van der Waals surface area contributed by atoms with Crippen molar-refractivity contribution in [3.05, 3.63) is 71.2 Å². The van der Waals surface area contributed by atoms with Gasteiger partial charge in [-0.05, 0) is 66.4 Å². The van der Waals surface area contributed by atoms with Gasteiger partial charge in [-0.2, -0.15) is 0 Å². The Labute approximate surface area is 181 Å². The minimum absolute atomic E-state index is 0. The van der Waals surface area contributed by atoms with E-state index in [9.17, 15) is 4.79 Å². The van der Waals surface area contributed by atoms with Gasteiger partial charge in [0.2, 0.25) is 12.7 Å². The Hall–Kier alpha value is -3.18. The molecule has 3 aromatic carbocycles. The minimum Gasteiger partial charge on any atom is -0.496 e. The van der Waals surface area contributed by atoms with Crippen molar-refractivity contribution in [3.8, 4) is 28.4 Å². The highest BCUT2D eigenvalue weighted by Gasteiger charge is 2.51. The molecule has 3 aromatic rings. The van der Waals surface area contributed by atoms with Gasteiger partial charge in [0.1, 0.15) is 5.75 Å². The lowest BCUT2D eigenvalue weighted by Gasteiger charge is -2.17. The zero-order chi connectivity index (χ0) is 20.7. The number of ether oxygens (including phenoxy) is 3. The van der Waals surface area contributed by atoms with Crippen LogP contribution in [0.3, 0.4) is 0 Å². The Kier molecular flexibility index (Phi) is 4.55. The number of amides is 1. The number of methoxy groups -OCH3 is 1. The Morgan fingerprint density at radius 1 is 1.07 bits per heavy atom. The molecule has 1 N–H and O–H groups in total. The second-order valence-electron chi connectivity index (χ2n) is 7.53. The van der Waals surface area contributed by atoms with Gasteiger partial charge in [0.25, 0.3) is 0 Å². The number of nitrogens with one attached hydrogen (secondary N) is 1. The maximum Gasteiger partial charge on any atom is 0.235 e.